The fourth-order valence-electron chi connectivity index (χ4n) is 0.377. The molecule has 11 heavy (non-hydrogen) atoms. The number of carbonyl (C=O) groups excluding carboxylic acids is 1. The second-order valence-electron chi connectivity index (χ2n) is 2.55. The molecular weight excluding hydrogens is 146 g/mol. The Morgan fingerprint density at radius 2 is 2.27 bits per heavy atom. The number of aliphatic hydroxyl groups excluding tert-OH is 1. The monoisotopic (exact) mass is 161 g/mol. The molecule has 0 aliphatic heterocycles. The van der Waals surface area contributed by atoms with Crippen molar-refractivity contribution in [3.8, 4) is 0 Å². The van der Waals surface area contributed by atoms with Gasteiger partial charge in [-0.15, -0.1) is 0 Å². The average Bonchev–Trinajstić information content (AvgIpc) is 1.97. The van der Waals surface area contributed by atoms with Crippen LogP contribution in [-0.4, -0.2) is 24.2 Å². The van der Waals surface area contributed by atoms with Crippen molar-refractivity contribution in [1.29, 1.82) is 0 Å². The summed E-state index contributed by atoms with van der Waals surface area (Å²) in [6.07, 6.45) is 0.540. The highest BCUT2D eigenvalue weighted by atomic mass is 16.6. The van der Waals surface area contributed by atoms with E-state index in [0.717, 1.165) is 0 Å². The number of carbonyl (C=O) groups is 1. The molecule has 0 heterocycles. The summed E-state index contributed by atoms with van der Waals surface area (Å²) in [6, 6.07) is 0. The number of hydroxylamine groups is 1. The van der Waals surface area contributed by atoms with Crippen molar-refractivity contribution < 1.29 is 14.7 Å². The van der Waals surface area contributed by atoms with Gasteiger partial charge in [0.1, 0.15) is 0 Å². The van der Waals surface area contributed by atoms with Crippen molar-refractivity contribution in [2.75, 3.05) is 13.2 Å². The minimum atomic E-state index is -0.136. The highest BCUT2D eigenvalue weighted by molar-refractivity contribution is 5.76. The van der Waals surface area contributed by atoms with Crippen molar-refractivity contribution in [3.63, 3.8) is 0 Å². The van der Waals surface area contributed by atoms with Crippen LogP contribution in [0.15, 0.2) is 0 Å². The van der Waals surface area contributed by atoms with E-state index in [4.69, 9.17) is 9.94 Å². The van der Waals surface area contributed by atoms with Gasteiger partial charge in [-0.25, -0.2) is 5.48 Å². The van der Waals surface area contributed by atoms with Gasteiger partial charge in [-0.2, -0.15) is 0 Å². The number of rotatable bonds is 5. The van der Waals surface area contributed by atoms with E-state index in [1.54, 1.807) is 13.8 Å². The van der Waals surface area contributed by atoms with E-state index in [1.807, 2.05) is 0 Å². The van der Waals surface area contributed by atoms with Crippen LogP contribution < -0.4 is 5.48 Å². The van der Waals surface area contributed by atoms with Gasteiger partial charge in [0.25, 0.3) is 0 Å². The van der Waals surface area contributed by atoms with Crippen LogP contribution in [0.3, 0.4) is 0 Å². The van der Waals surface area contributed by atoms with Gasteiger partial charge in [0.05, 0.1) is 6.61 Å². The first-order chi connectivity index (χ1) is 5.18. The first kappa shape index (κ1) is 10.4. The summed E-state index contributed by atoms with van der Waals surface area (Å²) in [6.45, 7) is 4.00. The van der Waals surface area contributed by atoms with Crippen LogP contribution in [0.4, 0.5) is 0 Å². The first-order valence-corrected chi connectivity index (χ1v) is 3.71. The third-order valence-corrected chi connectivity index (χ3v) is 1.10. The van der Waals surface area contributed by atoms with Crippen molar-refractivity contribution >= 4 is 5.91 Å². The summed E-state index contributed by atoms with van der Waals surface area (Å²) in [5.74, 6) is -0.202. The van der Waals surface area contributed by atoms with Crippen molar-refractivity contribution in [1.82, 2.24) is 5.48 Å². The summed E-state index contributed by atoms with van der Waals surface area (Å²) in [5.41, 5.74) is 2.27. The van der Waals surface area contributed by atoms with E-state index in [0.29, 0.717) is 13.0 Å². The second kappa shape index (κ2) is 6.12. The van der Waals surface area contributed by atoms with Gasteiger partial charge in [0.15, 0.2) is 0 Å². The molecule has 0 atom stereocenters. The lowest BCUT2D eigenvalue weighted by molar-refractivity contribution is -0.137. The number of nitrogens with one attached hydrogen (secondary N) is 1. The Hall–Kier alpha value is -0.610. The Kier molecular flexibility index (Phi) is 5.78. The molecule has 2 N–H and O–H groups in total. The van der Waals surface area contributed by atoms with Gasteiger partial charge >= 0.3 is 0 Å². The molecule has 0 aliphatic rings. The van der Waals surface area contributed by atoms with Gasteiger partial charge in [-0.3, -0.25) is 9.63 Å². The number of aliphatic hydroxyl groups is 1. The second-order valence-corrected chi connectivity index (χ2v) is 2.55. The quantitative estimate of drug-likeness (QED) is 0.443. The number of amides is 1. The van der Waals surface area contributed by atoms with E-state index in [9.17, 15) is 4.79 Å². The molecule has 0 aliphatic carbocycles. The molecular formula is C7H15NO3. The van der Waals surface area contributed by atoms with Gasteiger partial charge in [0.2, 0.25) is 5.91 Å². The molecule has 0 aromatic heterocycles. The molecule has 4 heteroatoms. The SMILES string of the molecule is CC(C)C(=O)NOCCCO. The molecule has 4 nitrogen and oxygen atoms in total. The highest BCUT2D eigenvalue weighted by Crippen LogP contribution is 1.90. The zero-order valence-corrected chi connectivity index (χ0v) is 6.96. The Morgan fingerprint density at radius 1 is 1.64 bits per heavy atom. The third-order valence-electron chi connectivity index (χ3n) is 1.10. The maximum absolute atomic E-state index is 10.8. The molecule has 0 radical (unpaired) electrons. The van der Waals surface area contributed by atoms with Crippen LogP contribution in [0.5, 0.6) is 0 Å². The lowest BCUT2D eigenvalue weighted by atomic mass is 10.2. The highest BCUT2D eigenvalue weighted by Gasteiger charge is 2.04. The van der Waals surface area contributed by atoms with E-state index in [2.05, 4.69) is 5.48 Å². The van der Waals surface area contributed by atoms with Gasteiger partial charge in [-0.05, 0) is 6.42 Å². The van der Waals surface area contributed by atoms with Crippen LogP contribution in [0.1, 0.15) is 20.3 Å². The Balaban J connectivity index is 3.18. The Labute approximate surface area is 66.5 Å². The third kappa shape index (κ3) is 5.82. The zero-order valence-electron chi connectivity index (χ0n) is 6.96. The molecule has 0 saturated carbocycles. The lowest BCUT2D eigenvalue weighted by Gasteiger charge is -2.06. The van der Waals surface area contributed by atoms with Crippen LogP contribution in [0.2, 0.25) is 0 Å². The summed E-state index contributed by atoms with van der Waals surface area (Å²) < 4.78 is 0. The number of hydrogen-bond donors (Lipinski definition) is 2. The van der Waals surface area contributed by atoms with Gasteiger partial charge in [0, 0.05) is 12.5 Å². The normalized spacial score (nSPS) is 10.2. The van der Waals surface area contributed by atoms with E-state index in [1.165, 1.54) is 0 Å². The van der Waals surface area contributed by atoms with Gasteiger partial charge < -0.3 is 5.11 Å². The molecule has 0 spiro atoms. The van der Waals surface area contributed by atoms with Crippen LogP contribution in [-0.2, 0) is 9.63 Å². The molecule has 0 aromatic rings. The van der Waals surface area contributed by atoms with E-state index < -0.39 is 0 Å². The minimum absolute atomic E-state index is 0.0656. The van der Waals surface area contributed by atoms with Crippen LogP contribution >= 0.6 is 0 Å². The lowest BCUT2D eigenvalue weighted by Crippen LogP contribution is -2.28. The fraction of sp³-hybridized carbons (Fsp3) is 0.857. The standard InChI is InChI=1S/C7H15NO3/c1-6(2)7(10)8-11-5-3-4-9/h6,9H,3-5H2,1-2H3,(H,8,10). The van der Waals surface area contributed by atoms with E-state index in [-0.39, 0.29) is 18.4 Å². The summed E-state index contributed by atoms with van der Waals surface area (Å²) in [5, 5.41) is 8.35. The smallest absolute Gasteiger partial charge is 0.246 e. The molecule has 0 aromatic carbocycles. The minimum Gasteiger partial charge on any atom is -0.396 e. The van der Waals surface area contributed by atoms with Crippen molar-refractivity contribution in [3.05, 3.63) is 0 Å². The largest absolute Gasteiger partial charge is 0.396 e. The fourth-order valence-corrected chi connectivity index (χ4v) is 0.377. The zero-order chi connectivity index (χ0) is 8.69. The maximum atomic E-state index is 10.8. The molecule has 0 fully saturated rings. The Bertz CT molecular complexity index is 114. The van der Waals surface area contributed by atoms with Crippen molar-refractivity contribution in [2.45, 2.75) is 20.3 Å². The first-order valence-electron chi connectivity index (χ1n) is 3.71. The maximum Gasteiger partial charge on any atom is 0.246 e. The molecule has 1 amide bonds. The molecule has 0 unspecified atom stereocenters. The summed E-state index contributed by atoms with van der Waals surface area (Å²) in [4.78, 5) is 15.5. The molecule has 0 saturated heterocycles. The predicted octanol–water partition coefficient (Wildman–Crippen LogP) is 0.0726. The van der Waals surface area contributed by atoms with Gasteiger partial charge in [-0.1, -0.05) is 13.8 Å². The van der Waals surface area contributed by atoms with E-state index >= 15 is 0 Å². The average molecular weight is 161 g/mol. The molecule has 0 rings (SSSR count). The summed E-state index contributed by atoms with van der Waals surface area (Å²) in [7, 11) is 0. The van der Waals surface area contributed by atoms with Crippen LogP contribution in [0, 0.1) is 5.92 Å². The Morgan fingerprint density at radius 3 is 2.73 bits per heavy atom. The van der Waals surface area contributed by atoms with Crippen molar-refractivity contribution in [2.24, 2.45) is 5.92 Å². The molecule has 66 valence electrons. The predicted molar refractivity (Wildman–Crippen MR) is 40.6 cm³/mol. The van der Waals surface area contributed by atoms with Crippen LogP contribution in [0.25, 0.3) is 0 Å². The number of hydrogen-bond acceptors (Lipinski definition) is 3. The molecule has 0 bridgehead atoms. The topological polar surface area (TPSA) is 58.6 Å². The summed E-state index contributed by atoms with van der Waals surface area (Å²) >= 11 is 0.